The maximum Gasteiger partial charge on any atom is 0.252 e. The highest BCUT2D eigenvalue weighted by Crippen LogP contribution is 2.25. The molecule has 0 aliphatic rings. The maximum atomic E-state index is 11.2. The molecule has 0 saturated heterocycles. The summed E-state index contributed by atoms with van der Waals surface area (Å²) in [5, 5.41) is 8.52. The molecule has 0 fully saturated rings. The molecule has 1 amide bonds. The second kappa shape index (κ2) is 4.60. The van der Waals surface area contributed by atoms with Crippen molar-refractivity contribution < 1.29 is 10.0 Å². The van der Waals surface area contributed by atoms with E-state index < -0.39 is 5.41 Å². The Kier molecular flexibility index (Phi) is 4.33. The number of allylic oxidation sites excluding steroid dienone is 1. The highest BCUT2D eigenvalue weighted by molar-refractivity contribution is 5.82. The highest BCUT2D eigenvalue weighted by Gasteiger charge is 2.25. The van der Waals surface area contributed by atoms with Crippen molar-refractivity contribution in [2.75, 3.05) is 0 Å². The minimum Gasteiger partial charge on any atom is -0.289 e. The number of rotatable bonds is 4. The van der Waals surface area contributed by atoms with Gasteiger partial charge in [-0.15, -0.1) is 0 Å². The number of nitrogens with one attached hydrogen (secondary N) is 1. The van der Waals surface area contributed by atoms with Crippen LogP contribution >= 0.6 is 0 Å². The van der Waals surface area contributed by atoms with Crippen molar-refractivity contribution in [1.82, 2.24) is 5.48 Å². The lowest BCUT2D eigenvalue weighted by molar-refractivity contribution is -0.135. The van der Waals surface area contributed by atoms with Gasteiger partial charge >= 0.3 is 0 Å². The molecule has 0 aliphatic heterocycles. The molecule has 0 heterocycles. The van der Waals surface area contributed by atoms with Gasteiger partial charge in [-0.3, -0.25) is 10.0 Å². The van der Waals surface area contributed by atoms with Gasteiger partial charge in [-0.05, 0) is 25.7 Å². The molecule has 0 saturated carbocycles. The van der Waals surface area contributed by atoms with E-state index in [-0.39, 0.29) is 11.3 Å². The van der Waals surface area contributed by atoms with E-state index in [9.17, 15) is 4.79 Å². The Balaban J connectivity index is 4.58. The van der Waals surface area contributed by atoms with Crippen LogP contribution in [0.3, 0.4) is 0 Å². The lowest BCUT2D eigenvalue weighted by atomic mass is 9.84. The molecule has 14 heavy (non-hydrogen) atoms. The van der Waals surface area contributed by atoms with Gasteiger partial charge in [0.2, 0.25) is 0 Å². The highest BCUT2D eigenvalue weighted by atomic mass is 16.5. The van der Waals surface area contributed by atoms with Gasteiger partial charge in [0.25, 0.3) is 5.91 Å². The molecule has 0 unspecified atom stereocenters. The zero-order valence-electron chi connectivity index (χ0n) is 9.72. The quantitative estimate of drug-likeness (QED) is 0.415. The molecule has 0 aromatic rings. The van der Waals surface area contributed by atoms with E-state index in [2.05, 4.69) is 20.8 Å². The first-order valence-corrected chi connectivity index (χ1v) is 4.90. The number of hydroxylamine groups is 1. The van der Waals surface area contributed by atoms with Gasteiger partial charge in [0, 0.05) is 0 Å². The van der Waals surface area contributed by atoms with Crippen LogP contribution in [-0.4, -0.2) is 11.1 Å². The molecule has 0 atom stereocenters. The summed E-state index contributed by atoms with van der Waals surface area (Å²) >= 11 is 0. The van der Waals surface area contributed by atoms with Crippen LogP contribution in [0.25, 0.3) is 0 Å². The summed E-state index contributed by atoms with van der Waals surface area (Å²) in [7, 11) is 0. The minimum atomic E-state index is -0.665. The lowest BCUT2D eigenvalue weighted by Gasteiger charge is -2.22. The van der Waals surface area contributed by atoms with Crippen molar-refractivity contribution in [3.8, 4) is 0 Å². The second-order valence-electron chi connectivity index (χ2n) is 4.84. The summed E-state index contributed by atoms with van der Waals surface area (Å²) in [6.45, 7) is 9.85. The summed E-state index contributed by atoms with van der Waals surface area (Å²) in [6.07, 6.45) is 4.87. The van der Waals surface area contributed by atoms with Crippen molar-refractivity contribution in [3.63, 3.8) is 0 Å². The molecule has 0 radical (unpaired) electrons. The third-order valence-corrected chi connectivity index (χ3v) is 2.55. The van der Waals surface area contributed by atoms with E-state index in [0.29, 0.717) is 0 Å². The van der Waals surface area contributed by atoms with Gasteiger partial charge in [-0.25, -0.2) is 5.48 Å². The van der Waals surface area contributed by atoms with Crippen LogP contribution < -0.4 is 5.48 Å². The van der Waals surface area contributed by atoms with Crippen LogP contribution in [0.4, 0.5) is 0 Å². The van der Waals surface area contributed by atoms with Gasteiger partial charge in [0.1, 0.15) is 0 Å². The van der Waals surface area contributed by atoms with Crippen molar-refractivity contribution >= 4 is 5.91 Å². The normalized spacial score (nSPS) is 13.3. The van der Waals surface area contributed by atoms with Crippen LogP contribution in [-0.2, 0) is 4.79 Å². The summed E-state index contributed by atoms with van der Waals surface area (Å²) in [6, 6.07) is 0. The average molecular weight is 199 g/mol. The Hall–Kier alpha value is -0.830. The van der Waals surface area contributed by atoms with Crippen molar-refractivity contribution in [2.24, 2.45) is 10.8 Å². The number of carbonyl (C=O) groups excluding carboxylic acids is 1. The Morgan fingerprint density at radius 1 is 1.29 bits per heavy atom. The Bertz CT molecular complexity index is 229. The lowest BCUT2D eigenvalue weighted by Crippen LogP contribution is -2.33. The molecule has 0 aliphatic carbocycles. The van der Waals surface area contributed by atoms with E-state index >= 15 is 0 Å². The summed E-state index contributed by atoms with van der Waals surface area (Å²) in [5.41, 5.74) is 1.09. The predicted molar refractivity (Wildman–Crippen MR) is 56.9 cm³/mol. The molecule has 2 N–H and O–H groups in total. The third kappa shape index (κ3) is 3.92. The molecule has 82 valence electrons. The van der Waals surface area contributed by atoms with Gasteiger partial charge in [-0.2, -0.15) is 0 Å². The van der Waals surface area contributed by atoms with E-state index in [1.165, 1.54) is 0 Å². The predicted octanol–water partition coefficient (Wildman–Crippen LogP) is 2.51. The number of hydrogen-bond donors (Lipinski definition) is 2. The van der Waals surface area contributed by atoms with Crippen LogP contribution in [0.15, 0.2) is 12.2 Å². The summed E-state index contributed by atoms with van der Waals surface area (Å²) < 4.78 is 0. The summed E-state index contributed by atoms with van der Waals surface area (Å²) in [5.74, 6) is -0.388. The Morgan fingerprint density at radius 2 is 1.79 bits per heavy atom. The fourth-order valence-electron chi connectivity index (χ4n) is 0.772. The van der Waals surface area contributed by atoms with Crippen LogP contribution in [0.2, 0.25) is 0 Å². The molecule has 3 heteroatoms. The monoisotopic (exact) mass is 199 g/mol. The van der Waals surface area contributed by atoms with Crippen molar-refractivity contribution in [1.29, 1.82) is 0 Å². The SMILES string of the molecule is CCC(C)(C)C=CC(C)(C)C(=O)NO. The topological polar surface area (TPSA) is 49.3 Å². The van der Waals surface area contributed by atoms with E-state index in [1.54, 1.807) is 19.3 Å². The molecule has 3 nitrogen and oxygen atoms in total. The van der Waals surface area contributed by atoms with Crippen LogP contribution in [0, 0.1) is 10.8 Å². The van der Waals surface area contributed by atoms with Crippen molar-refractivity contribution in [3.05, 3.63) is 12.2 Å². The largest absolute Gasteiger partial charge is 0.289 e. The molecular formula is C11H21NO2. The first-order valence-electron chi connectivity index (χ1n) is 4.90. The Morgan fingerprint density at radius 3 is 2.14 bits per heavy atom. The second-order valence-corrected chi connectivity index (χ2v) is 4.84. The fourth-order valence-corrected chi connectivity index (χ4v) is 0.772. The number of amides is 1. The molecule has 0 bridgehead atoms. The van der Waals surface area contributed by atoms with E-state index in [1.807, 2.05) is 12.2 Å². The molecular weight excluding hydrogens is 178 g/mol. The van der Waals surface area contributed by atoms with Crippen LogP contribution in [0.1, 0.15) is 41.0 Å². The van der Waals surface area contributed by atoms with E-state index in [0.717, 1.165) is 6.42 Å². The van der Waals surface area contributed by atoms with Gasteiger partial charge in [0.05, 0.1) is 5.41 Å². The Labute approximate surface area is 86.2 Å². The first-order chi connectivity index (χ1) is 6.25. The zero-order valence-corrected chi connectivity index (χ0v) is 9.72. The fraction of sp³-hybridized carbons (Fsp3) is 0.727. The van der Waals surface area contributed by atoms with Crippen LogP contribution in [0.5, 0.6) is 0 Å². The standard InChI is InChI=1S/C11H21NO2/c1-6-10(2,3)7-8-11(4,5)9(13)12-14/h7-8,14H,6H2,1-5H3,(H,12,13). The number of carbonyl (C=O) groups is 1. The molecule has 0 spiro atoms. The number of hydrogen-bond acceptors (Lipinski definition) is 2. The van der Waals surface area contributed by atoms with Gasteiger partial charge in [-0.1, -0.05) is 32.9 Å². The van der Waals surface area contributed by atoms with Gasteiger partial charge < -0.3 is 0 Å². The molecule has 0 rings (SSSR count). The smallest absolute Gasteiger partial charge is 0.252 e. The summed E-state index contributed by atoms with van der Waals surface area (Å²) in [4.78, 5) is 11.2. The van der Waals surface area contributed by atoms with Gasteiger partial charge in [0.15, 0.2) is 0 Å². The zero-order chi connectivity index (χ0) is 11.4. The maximum absolute atomic E-state index is 11.2. The first kappa shape index (κ1) is 13.2. The average Bonchev–Trinajstić information content (AvgIpc) is 2.14. The van der Waals surface area contributed by atoms with E-state index in [4.69, 9.17) is 5.21 Å². The molecule has 0 aromatic heterocycles. The third-order valence-electron chi connectivity index (χ3n) is 2.55. The van der Waals surface area contributed by atoms with Crippen molar-refractivity contribution in [2.45, 2.75) is 41.0 Å². The molecule has 0 aromatic carbocycles. The minimum absolute atomic E-state index is 0.0903.